The van der Waals surface area contributed by atoms with Crippen molar-refractivity contribution in [2.24, 2.45) is 0 Å². The van der Waals surface area contributed by atoms with Crippen molar-refractivity contribution in [3.8, 4) is 35.1 Å². The Labute approximate surface area is 160 Å². The number of aryl methyl sites for hydroxylation is 2. The van der Waals surface area contributed by atoms with Crippen LogP contribution in [0.15, 0.2) is 48.5 Å². The van der Waals surface area contributed by atoms with Crippen molar-refractivity contribution in [3.63, 3.8) is 0 Å². The van der Waals surface area contributed by atoms with E-state index in [4.69, 9.17) is 9.47 Å². The number of nitrogens with zero attached hydrogens (tertiary/aromatic N) is 2. The number of nitriles is 2. The topological polar surface area (TPSA) is 66.0 Å². The van der Waals surface area contributed by atoms with E-state index in [1.165, 1.54) is 12.1 Å². The molecule has 4 nitrogen and oxygen atoms in total. The van der Waals surface area contributed by atoms with Gasteiger partial charge in [-0.05, 0) is 37.1 Å². The summed E-state index contributed by atoms with van der Waals surface area (Å²) in [5.74, 6) is -2.97. The molecule has 3 aromatic carbocycles. The zero-order valence-electron chi connectivity index (χ0n) is 15.1. The molecule has 3 aromatic rings. The van der Waals surface area contributed by atoms with Crippen LogP contribution in [0.5, 0.6) is 23.0 Å². The van der Waals surface area contributed by atoms with Gasteiger partial charge in [0.1, 0.15) is 34.8 Å². The van der Waals surface area contributed by atoms with E-state index in [2.05, 4.69) is 0 Å². The molecule has 0 saturated carbocycles. The van der Waals surface area contributed by atoms with Crippen LogP contribution in [0, 0.1) is 48.1 Å². The highest BCUT2D eigenvalue weighted by molar-refractivity contribution is 5.60. The fourth-order valence-corrected chi connectivity index (χ4v) is 2.60. The normalized spacial score (nSPS) is 10.1. The first-order valence-corrected chi connectivity index (χ1v) is 8.30. The summed E-state index contributed by atoms with van der Waals surface area (Å²) >= 11 is 0. The SMILES string of the molecule is Cc1ccccc1Oc1c(F)c(C#N)c(C#N)c(F)c1Oc1ccccc1C. The third-order valence-electron chi connectivity index (χ3n) is 4.13. The second-order valence-electron chi connectivity index (χ2n) is 5.99. The largest absolute Gasteiger partial charge is 0.450 e. The van der Waals surface area contributed by atoms with Crippen LogP contribution in [0.1, 0.15) is 22.3 Å². The molecule has 0 atom stereocenters. The van der Waals surface area contributed by atoms with Crippen molar-refractivity contribution in [2.45, 2.75) is 13.8 Å². The van der Waals surface area contributed by atoms with Gasteiger partial charge in [0.05, 0.1) is 0 Å². The average Bonchev–Trinajstić information content (AvgIpc) is 2.69. The Morgan fingerprint density at radius 3 is 1.36 bits per heavy atom. The highest BCUT2D eigenvalue weighted by atomic mass is 19.1. The Hall–Kier alpha value is -3.90. The molecule has 0 aliphatic carbocycles. The molecule has 0 bridgehead atoms. The lowest BCUT2D eigenvalue weighted by atomic mass is 10.1. The maximum Gasteiger partial charge on any atom is 0.210 e. The summed E-state index contributed by atoms with van der Waals surface area (Å²) in [6, 6.07) is 16.6. The van der Waals surface area contributed by atoms with Crippen LogP contribution in [0.3, 0.4) is 0 Å². The summed E-state index contributed by atoms with van der Waals surface area (Å²) in [6.07, 6.45) is 0. The Morgan fingerprint density at radius 2 is 1.04 bits per heavy atom. The fourth-order valence-electron chi connectivity index (χ4n) is 2.60. The van der Waals surface area contributed by atoms with E-state index in [-0.39, 0.29) is 11.5 Å². The van der Waals surface area contributed by atoms with Crippen molar-refractivity contribution in [2.75, 3.05) is 0 Å². The first-order chi connectivity index (χ1) is 13.5. The van der Waals surface area contributed by atoms with E-state index in [1.807, 2.05) is 0 Å². The van der Waals surface area contributed by atoms with Crippen LogP contribution in [0.25, 0.3) is 0 Å². The number of benzene rings is 3. The molecule has 0 aliphatic rings. The Morgan fingerprint density at radius 1 is 0.679 bits per heavy atom. The van der Waals surface area contributed by atoms with Gasteiger partial charge in [0.25, 0.3) is 0 Å². The Balaban J connectivity index is 2.25. The van der Waals surface area contributed by atoms with Crippen LogP contribution >= 0.6 is 0 Å². The molecule has 0 fully saturated rings. The molecule has 0 N–H and O–H groups in total. The van der Waals surface area contributed by atoms with Gasteiger partial charge in [0, 0.05) is 0 Å². The van der Waals surface area contributed by atoms with Gasteiger partial charge in [-0.3, -0.25) is 0 Å². The molecule has 6 heteroatoms. The minimum absolute atomic E-state index is 0.268. The van der Waals surface area contributed by atoms with Crippen molar-refractivity contribution in [3.05, 3.63) is 82.4 Å². The third-order valence-corrected chi connectivity index (χ3v) is 4.13. The smallest absolute Gasteiger partial charge is 0.210 e. The maximum absolute atomic E-state index is 15.0. The zero-order chi connectivity index (χ0) is 20.3. The minimum Gasteiger partial charge on any atom is -0.450 e. The van der Waals surface area contributed by atoms with E-state index in [9.17, 15) is 10.5 Å². The summed E-state index contributed by atoms with van der Waals surface area (Å²) in [6.45, 7) is 3.47. The van der Waals surface area contributed by atoms with E-state index < -0.39 is 34.3 Å². The second kappa shape index (κ2) is 7.77. The molecule has 0 radical (unpaired) electrons. The zero-order valence-corrected chi connectivity index (χ0v) is 15.1. The molecule has 28 heavy (non-hydrogen) atoms. The molecular formula is C22H14F2N2O2. The number of hydrogen-bond donors (Lipinski definition) is 0. The van der Waals surface area contributed by atoms with Crippen LogP contribution in [0.4, 0.5) is 8.78 Å². The maximum atomic E-state index is 15.0. The lowest BCUT2D eigenvalue weighted by Gasteiger charge is -2.17. The molecule has 0 amide bonds. The van der Waals surface area contributed by atoms with Gasteiger partial charge in [0.15, 0.2) is 11.6 Å². The number of halogens is 2. The molecular weight excluding hydrogens is 362 g/mol. The molecule has 0 aliphatic heterocycles. The molecule has 0 aromatic heterocycles. The molecule has 3 rings (SSSR count). The summed E-state index contributed by atoms with van der Waals surface area (Å²) in [4.78, 5) is 0. The van der Waals surface area contributed by atoms with Crippen LogP contribution in [0.2, 0.25) is 0 Å². The minimum atomic E-state index is -1.16. The molecule has 0 heterocycles. The number of rotatable bonds is 4. The van der Waals surface area contributed by atoms with Crippen molar-refractivity contribution < 1.29 is 18.3 Å². The second-order valence-corrected chi connectivity index (χ2v) is 5.99. The van der Waals surface area contributed by atoms with Gasteiger partial charge in [-0.15, -0.1) is 0 Å². The van der Waals surface area contributed by atoms with Crippen molar-refractivity contribution in [1.29, 1.82) is 10.5 Å². The van der Waals surface area contributed by atoms with Crippen LogP contribution in [-0.4, -0.2) is 0 Å². The van der Waals surface area contributed by atoms with Crippen molar-refractivity contribution >= 4 is 0 Å². The van der Waals surface area contributed by atoms with Crippen LogP contribution in [-0.2, 0) is 0 Å². The van der Waals surface area contributed by atoms with Gasteiger partial charge >= 0.3 is 0 Å². The molecule has 0 spiro atoms. The monoisotopic (exact) mass is 376 g/mol. The van der Waals surface area contributed by atoms with Gasteiger partial charge in [-0.2, -0.15) is 10.5 Å². The van der Waals surface area contributed by atoms with Gasteiger partial charge in [-0.1, -0.05) is 36.4 Å². The predicted molar refractivity (Wildman–Crippen MR) is 98.3 cm³/mol. The van der Waals surface area contributed by atoms with Crippen molar-refractivity contribution in [1.82, 2.24) is 0 Å². The fraction of sp³-hybridized carbons (Fsp3) is 0.0909. The van der Waals surface area contributed by atoms with Gasteiger partial charge in [0.2, 0.25) is 11.5 Å². The highest BCUT2D eigenvalue weighted by Gasteiger charge is 2.29. The van der Waals surface area contributed by atoms with Gasteiger partial charge < -0.3 is 9.47 Å². The van der Waals surface area contributed by atoms with E-state index in [0.717, 1.165) is 0 Å². The third kappa shape index (κ3) is 3.36. The Bertz CT molecular complexity index is 1050. The number of para-hydroxylation sites is 2. The van der Waals surface area contributed by atoms with E-state index in [1.54, 1.807) is 62.4 Å². The van der Waals surface area contributed by atoms with Crippen LogP contribution < -0.4 is 9.47 Å². The Kier molecular flexibility index (Phi) is 5.24. The van der Waals surface area contributed by atoms with E-state index >= 15 is 8.78 Å². The quantitative estimate of drug-likeness (QED) is 0.568. The van der Waals surface area contributed by atoms with Gasteiger partial charge in [-0.25, -0.2) is 8.78 Å². The first kappa shape index (κ1) is 18.9. The van der Waals surface area contributed by atoms with E-state index in [0.29, 0.717) is 11.1 Å². The molecule has 0 unspecified atom stereocenters. The lowest BCUT2D eigenvalue weighted by Crippen LogP contribution is -2.04. The summed E-state index contributed by atoms with van der Waals surface area (Å²) < 4.78 is 41.3. The highest BCUT2D eigenvalue weighted by Crippen LogP contribution is 2.43. The summed E-state index contributed by atoms with van der Waals surface area (Å²) in [5, 5.41) is 18.4. The molecule has 0 saturated heterocycles. The lowest BCUT2D eigenvalue weighted by molar-refractivity contribution is 0.371. The summed E-state index contributed by atoms with van der Waals surface area (Å²) in [5.41, 5.74) is -0.125. The first-order valence-electron chi connectivity index (χ1n) is 8.30. The number of hydrogen-bond acceptors (Lipinski definition) is 4. The summed E-state index contributed by atoms with van der Waals surface area (Å²) in [7, 11) is 0. The standard InChI is InChI=1S/C22H14F2N2O2/c1-13-7-3-5-9-17(13)27-21-19(23)15(11-25)16(12-26)20(24)22(21)28-18-10-6-4-8-14(18)2/h3-10H,1-2H3. The predicted octanol–water partition coefficient (Wildman–Crippen LogP) is 5.91. The number of ether oxygens (including phenoxy) is 2. The average molecular weight is 376 g/mol. The molecule has 138 valence electrons.